The number of nitrogens with one attached hydrogen (secondary N) is 1. The Bertz CT molecular complexity index is 528. The van der Waals surface area contributed by atoms with Crippen molar-refractivity contribution in [2.45, 2.75) is 32.2 Å². The molecule has 6 nitrogen and oxygen atoms in total. The van der Waals surface area contributed by atoms with Crippen LogP contribution >= 0.6 is 0 Å². The van der Waals surface area contributed by atoms with E-state index in [-0.39, 0.29) is 11.7 Å². The van der Waals surface area contributed by atoms with Crippen molar-refractivity contribution >= 4 is 17.7 Å². The number of carbonyl (C=O) groups excluding carboxylic acids is 2. The van der Waals surface area contributed by atoms with Crippen molar-refractivity contribution in [2.75, 3.05) is 6.54 Å². The van der Waals surface area contributed by atoms with Crippen LogP contribution in [0.5, 0.6) is 0 Å². The number of unbranched alkanes of at least 4 members (excludes halogenated alkanes) is 1. The van der Waals surface area contributed by atoms with Gasteiger partial charge in [-0.15, -0.1) is 0 Å². The molecule has 0 aliphatic rings. The number of carbonyl (C=O) groups is 3. The Balaban J connectivity index is 2.36. The highest BCUT2D eigenvalue weighted by molar-refractivity contribution is 5.99. The van der Waals surface area contributed by atoms with Crippen LogP contribution in [0.3, 0.4) is 0 Å². The van der Waals surface area contributed by atoms with E-state index < -0.39 is 12.0 Å². The molecule has 1 atom stereocenters. The number of benzene rings is 1. The zero-order valence-electron chi connectivity index (χ0n) is 12.0. The molecule has 114 valence electrons. The summed E-state index contributed by atoms with van der Waals surface area (Å²) in [6.45, 7) is 1.89. The molecule has 0 heterocycles. The van der Waals surface area contributed by atoms with Crippen molar-refractivity contribution in [1.82, 2.24) is 5.32 Å². The zero-order valence-corrected chi connectivity index (χ0v) is 12.0. The van der Waals surface area contributed by atoms with Gasteiger partial charge in [0, 0.05) is 17.7 Å². The Hall–Kier alpha value is -2.21. The van der Waals surface area contributed by atoms with E-state index in [2.05, 4.69) is 5.32 Å². The number of hydrogen-bond donors (Lipinski definition) is 3. The number of aliphatic carboxylic acids is 1. The van der Waals surface area contributed by atoms with Crippen LogP contribution in [-0.2, 0) is 4.79 Å². The maximum atomic E-state index is 11.9. The minimum absolute atomic E-state index is 0.0905. The van der Waals surface area contributed by atoms with Crippen molar-refractivity contribution in [3.63, 3.8) is 0 Å². The number of ketones is 1. The van der Waals surface area contributed by atoms with Gasteiger partial charge in [0.1, 0.15) is 6.04 Å². The van der Waals surface area contributed by atoms with E-state index in [0.29, 0.717) is 36.9 Å². The van der Waals surface area contributed by atoms with Crippen molar-refractivity contribution in [3.8, 4) is 0 Å². The average Bonchev–Trinajstić information content (AvgIpc) is 2.46. The molecule has 1 unspecified atom stereocenters. The number of amides is 1. The first-order valence-corrected chi connectivity index (χ1v) is 6.79. The highest BCUT2D eigenvalue weighted by Crippen LogP contribution is 2.06. The van der Waals surface area contributed by atoms with Crippen molar-refractivity contribution in [2.24, 2.45) is 5.73 Å². The summed E-state index contributed by atoms with van der Waals surface area (Å²) in [4.78, 5) is 33.7. The fourth-order valence-corrected chi connectivity index (χ4v) is 1.80. The Morgan fingerprint density at radius 2 is 1.90 bits per heavy atom. The third kappa shape index (κ3) is 5.74. The summed E-state index contributed by atoms with van der Waals surface area (Å²) in [6, 6.07) is 5.66. The molecule has 1 aromatic carbocycles. The highest BCUT2D eigenvalue weighted by atomic mass is 16.4. The molecule has 0 saturated carbocycles. The second-order valence-electron chi connectivity index (χ2n) is 4.83. The third-order valence-electron chi connectivity index (χ3n) is 3.08. The normalized spacial score (nSPS) is 11.7. The number of hydrogen-bond acceptors (Lipinski definition) is 4. The summed E-state index contributed by atoms with van der Waals surface area (Å²) in [5, 5.41) is 11.4. The van der Waals surface area contributed by atoms with Crippen LogP contribution < -0.4 is 11.1 Å². The van der Waals surface area contributed by atoms with Crippen LogP contribution in [-0.4, -0.2) is 35.4 Å². The standard InChI is InChI=1S/C15H20N2O4/c1-10(18)11-5-4-6-12(9-11)14(19)17-8-3-2-7-13(16)15(20)21/h4-6,9,13H,2-3,7-8,16H2,1H3,(H,17,19)(H,20,21). The van der Waals surface area contributed by atoms with Gasteiger partial charge in [-0.2, -0.15) is 0 Å². The molecular formula is C15H20N2O4. The molecular weight excluding hydrogens is 272 g/mol. The topological polar surface area (TPSA) is 109 Å². The monoisotopic (exact) mass is 292 g/mol. The minimum atomic E-state index is -1.01. The summed E-state index contributed by atoms with van der Waals surface area (Å²) < 4.78 is 0. The smallest absolute Gasteiger partial charge is 0.320 e. The van der Waals surface area contributed by atoms with Crippen LogP contribution in [0.15, 0.2) is 24.3 Å². The molecule has 0 spiro atoms. The molecule has 21 heavy (non-hydrogen) atoms. The lowest BCUT2D eigenvalue weighted by Crippen LogP contribution is -2.30. The average molecular weight is 292 g/mol. The first-order chi connectivity index (χ1) is 9.91. The van der Waals surface area contributed by atoms with E-state index in [1.807, 2.05) is 0 Å². The van der Waals surface area contributed by atoms with Gasteiger partial charge in [0.15, 0.2) is 5.78 Å². The van der Waals surface area contributed by atoms with Crippen LogP contribution in [0.2, 0.25) is 0 Å². The molecule has 0 saturated heterocycles. The van der Waals surface area contributed by atoms with Crippen LogP contribution in [0.4, 0.5) is 0 Å². The first kappa shape index (κ1) is 16.8. The summed E-state index contributed by atoms with van der Waals surface area (Å²) in [6.07, 6.45) is 1.66. The molecule has 0 aliphatic carbocycles. The van der Waals surface area contributed by atoms with Gasteiger partial charge in [0.25, 0.3) is 5.91 Å². The zero-order chi connectivity index (χ0) is 15.8. The van der Waals surface area contributed by atoms with Crippen LogP contribution in [0.1, 0.15) is 46.9 Å². The second kappa shape index (κ2) is 8.16. The third-order valence-corrected chi connectivity index (χ3v) is 3.08. The number of rotatable bonds is 8. The number of carboxylic acids is 1. The fourth-order valence-electron chi connectivity index (χ4n) is 1.80. The Morgan fingerprint density at radius 3 is 2.52 bits per heavy atom. The van der Waals surface area contributed by atoms with E-state index in [9.17, 15) is 14.4 Å². The lowest BCUT2D eigenvalue weighted by molar-refractivity contribution is -0.138. The van der Waals surface area contributed by atoms with Gasteiger partial charge in [0.2, 0.25) is 0 Å². The molecule has 0 aromatic heterocycles. The summed E-state index contributed by atoms with van der Waals surface area (Å²) in [5.74, 6) is -1.35. The summed E-state index contributed by atoms with van der Waals surface area (Å²) >= 11 is 0. The van der Waals surface area contributed by atoms with E-state index in [0.717, 1.165) is 0 Å². The largest absolute Gasteiger partial charge is 0.480 e. The molecule has 0 bridgehead atoms. The Labute approximate surface area is 123 Å². The molecule has 0 radical (unpaired) electrons. The Kier molecular flexibility index (Phi) is 6.55. The van der Waals surface area contributed by atoms with Gasteiger partial charge in [0.05, 0.1) is 0 Å². The van der Waals surface area contributed by atoms with E-state index in [1.165, 1.54) is 6.92 Å². The molecule has 1 amide bonds. The van der Waals surface area contributed by atoms with Crippen LogP contribution in [0.25, 0.3) is 0 Å². The van der Waals surface area contributed by atoms with Gasteiger partial charge in [-0.25, -0.2) is 0 Å². The fraction of sp³-hybridized carbons (Fsp3) is 0.400. The van der Waals surface area contributed by atoms with E-state index in [1.54, 1.807) is 24.3 Å². The SMILES string of the molecule is CC(=O)c1cccc(C(=O)NCCCCC(N)C(=O)O)c1. The van der Waals surface area contributed by atoms with Crippen LogP contribution in [0, 0.1) is 0 Å². The molecule has 0 fully saturated rings. The molecule has 6 heteroatoms. The summed E-state index contributed by atoms with van der Waals surface area (Å²) in [7, 11) is 0. The Morgan fingerprint density at radius 1 is 1.24 bits per heavy atom. The molecule has 4 N–H and O–H groups in total. The van der Waals surface area contributed by atoms with Crippen molar-refractivity contribution < 1.29 is 19.5 Å². The first-order valence-electron chi connectivity index (χ1n) is 6.79. The van der Waals surface area contributed by atoms with Crippen molar-refractivity contribution in [3.05, 3.63) is 35.4 Å². The number of carboxylic acid groups (broad SMARTS) is 1. The predicted molar refractivity (Wildman–Crippen MR) is 78.2 cm³/mol. The number of Topliss-reactive ketones (excluding diaryl/α,β-unsaturated/α-hetero) is 1. The van der Waals surface area contributed by atoms with Gasteiger partial charge in [-0.1, -0.05) is 12.1 Å². The van der Waals surface area contributed by atoms with Gasteiger partial charge in [-0.05, 0) is 38.3 Å². The van der Waals surface area contributed by atoms with Gasteiger partial charge < -0.3 is 16.2 Å². The minimum Gasteiger partial charge on any atom is -0.480 e. The van der Waals surface area contributed by atoms with Gasteiger partial charge >= 0.3 is 5.97 Å². The van der Waals surface area contributed by atoms with E-state index >= 15 is 0 Å². The van der Waals surface area contributed by atoms with Crippen molar-refractivity contribution in [1.29, 1.82) is 0 Å². The molecule has 1 aromatic rings. The summed E-state index contributed by atoms with van der Waals surface area (Å²) in [5.41, 5.74) is 6.31. The lowest BCUT2D eigenvalue weighted by atomic mass is 10.1. The van der Waals surface area contributed by atoms with E-state index in [4.69, 9.17) is 10.8 Å². The second-order valence-corrected chi connectivity index (χ2v) is 4.83. The highest BCUT2D eigenvalue weighted by Gasteiger charge is 2.11. The van der Waals surface area contributed by atoms with Gasteiger partial charge in [-0.3, -0.25) is 14.4 Å². The molecule has 1 rings (SSSR count). The maximum absolute atomic E-state index is 11.9. The number of nitrogens with two attached hydrogens (primary N) is 1. The predicted octanol–water partition coefficient (Wildman–Crippen LogP) is 1.20. The molecule has 0 aliphatic heterocycles. The lowest BCUT2D eigenvalue weighted by Gasteiger charge is -2.08. The maximum Gasteiger partial charge on any atom is 0.320 e. The quantitative estimate of drug-likeness (QED) is 0.492.